The van der Waals surface area contributed by atoms with Gasteiger partial charge in [0, 0.05) is 56.1 Å². The summed E-state index contributed by atoms with van der Waals surface area (Å²) in [5.41, 5.74) is 6.50. The summed E-state index contributed by atoms with van der Waals surface area (Å²) in [5, 5.41) is 38.9. The zero-order valence-corrected chi connectivity index (χ0v) is 78.2. The number of hydrogen-bond donors (Lipinski definition) is 6. The quantitative estimate of drug-likeness (QED) is 0.0151. The number of aromatic hydroxyl groups is 2. The molecule has 9 aromatic rings. The molecule has 0 spiro atoms. The molecular weight excluding hydrogens is 1800 g/mol. The van der Waals surface area contributed by atoms with E-state index in [2.05, 4.69) is 28.9 Å². The van der Waals surface area contributed by atoms with Crippen LogP contribution in [0.25, 0.3) is 66.9 Å². The number of rotatable bonds is 46. The minimum absolute atomic E-state index is 0.000322. The van der Waals surface area contributed by atoms with E-state index in [0.717, 1.165) is 67.0 Å². The number of cyclic esters (lactones) is 3. The van der Waals surface area contributed by atoms with Crippen molar-refractivity contribution < 1.29 is 134 Å². The highest BCUT2D eigenvalue weighted by Crippen LogP contribution is 2.47. The van der Waals surface area contributed by atoms with Gasteiger partial charge in [-0.2, -0.15) is 0 Å². The van der Waals surface area contributed by atoms with E-state index < -0.39 is 134 Å². The molecule has 5 atom stereocenters. The molecule has 734 valence electrons. The lowest BCUT2D eigenvalue weighted by atomic mass is 9.85. The number of phenolic OH excluding ortho intramolecular Hbond substituents is 2. The topological polar surface area (TPSA) is 511 Å². The molecule has 0 saturated heterocycles. The molecule has 0 radical (unpaired) electrons. The summed E-state index contributed by atoms with van der Waals surface area (Å²) in [6.45, 7) is 14.4. The van der Waals surface area contributed by atoms with Gasteiger partial charge in [0.2, 0.25) is 28.9 Å². The lowest BCUT2D eigenvalue weighted by molar-refractivity contribution is -0.189. The highest BCUT2D eigenvalue weighted by molar-refractivity contribution is 5.96. The Morgan fingerprint density at radius 1 is 0.428 bits per heavy atom. The molecule has 138 heavy (non-hydrogen) atoms. The van der Waals surface area contributed by atoms with Crippen molar-refractivity contribution in [1.82, 2.24) is 44.6 Å². The second kappa shape index (κ2) is 44.5. The average molecular weight is 1910 g/mol. The van der Waals surface area contributed by atoms with Crippen molar-refractivity contribution in [3.05, 3.63) is 176 Å². The fraction of sp³-hybridized carbons (Fsp3) is 0.469. The van der Waals surface area contributed by atoms with Crippen LogP contribution in [-0.2, 0) is 195 Å². The second-order valence-electron chi connectivity index (χ2n) is 33.6. The Labute approximate surface area is 790 Å². The third kappa shape index (κ3) is 21.3. The van der Waals surface area contributed by atoms with Crippen LogP contribution in [0.15, 0.2) is 87.2 Å². The van der Waals surface area contributed by atoms with Gasteiger partial charge in [-0.1, -0.05) is 53.2 Å². The van der Waals surface area contributed by atoms with E-state index in [1.807, 2.05) is 39.8 Å². The zero-order chi connectivity index (χ0) is 98.4. The van der Waals surface area contributed by atoms with Crippen LogP contribution in [0.3, 0.4) is 0 Å². The number of carbonyl (C=O) groups excluding carboxylic acids is 9. The maximum absolute atomic E-state index is 14.1. The van der Waals surface area contributed by atoms with Crippen molar-refractivity contribution in [2.75, 3.05) is 132 Å². The number of amides is 3. The molecule has 2 unspecified atom stereocenters. The number of hydrogen-bond acceptors (Lipinski definition) is 33. The number of benzene rings is 3. The third-order valence-electron chi connectivity index (χ3n) is 24.9. The van der Waals surface area contributed by atoms with Gasteiger partial charge in [0.1, 0.15) is 83.5 Å². The number of carboxylic acids is 1. The van der Waals surface area contributed by atoms with E-state index in [1.165, 1.54) is 6.07 Å². The summed E-state index contributed by atoms with van der Waals surface area (Å²) in [4.78, 5) is 185. The number of carboxylic acid groups (broad SMARTS) is 1. The van der Waals surface area contributed by atoms with Gasteiger partial charge in [-0.05, 0) is 143 Å². The van der Waals surface area contributed by atoms with Crippen LogP contribution in [0.2, 0.25) is 0 Å². The molecule has 0 aliphatic carbocycles. The van der Waals surface area contributed by atoms with E-state index in [1.54, 1.807) is 89.9 Å². The number of ether oxygens (including phenoxy) is 15. The van der Waals surface area contributed by atoms with Gasteiger partial charge in [-0.3, -0.25) is 43.2 Å². The number of ketones is 1. The Bertz CT molecular complexity index is 6440. The number of Topliss-reactive ketones (excluding diaryl/α,β-unsaturated/α-hetero) is 1. The van der Waals surface area contributed by atoms with Gasteiger partial charge in [0.05, 0.1) is 172 Å². The predicted octanol–water partition coefficient (Wildman–Crippen LogP) is 5.71. The number of esters is 5. The minimum Gasteiger partial charge on any atom is -0.508 e. The zero-order valence-electron chi connectivity index (χ0n) is 78.2. The Kier molecular flexibility index (Phi) is 32.5. The number of aryl methyl sites for hydroxylation is 4. The number of nitrogens with one attached hydrogen (secondary N) is 3. The number of aliphatic carboxylic acids is 1. The van der Waals surface area contributed by atoms with Crippen molar-refractivity contribution >= 4 is 92.0 Å². The fourth-order valence-electron chi connectivity index (χ4n) is 18.1. The van der Waals surface area contributed by atoms with E-state index in [-0.39, 0.29) is 194 Å². The molecule has 40 heteroatoms. The maximum Gasteiger partial charge on any atom is 0.355 e. The lowest BCUT2D eigenvalue weighted by Crippen LogP contribution is -2.48. The monoisotopic (exact) mass is 1910 g/mol. The maximum atomic E-state index is 14.1. The molecule has 0 bridgehead atoms. The molecule has 0 fully saturated rings. The van der Waals surface area contributed by atoms with Crippen LogP contribution in [0.1, 0.15) is 147 Å². The number of pyridine rings is 6. The first-order valence-corrected chi connectivity index (χ1v) is 45.9. The van der Waals surface area contributed by atoms with Gasteiger partial charge < -0.3 is 116 Å². The van der Waals surface area contributed by atoms with Crippen LogP contribution < -0.4 is 32.6 Å². The van der Waals surface area contributed by atoms with Crippen molar-refractivity contribution in [3.8, 4) is 45.7 Å². The SMILES string of the molecule is CCOCC(COCCOCC(=O)NCC(=O)O[C@]1(CC)C(=O)OCc2c1cc1n(c2=O)Cc2c-1nc1ccc(O)cc1c2CC)OCCOCC(=O)NCC(=O)CO[C@]1(CC)C(=O)OCc2c1cc1n(c2=O)Cc2c-1nc1ccc(O)cc1c2CC.CCc1c2c(nc3ccc(C)cc13)-c1cc3c(c(=O)n1C2)COC(=O)[C@@]3(CC)OC(=O)CNC(=O)COCCOCC(C)OCCOCC(=O)O. The Morgan fingerprint density at radius 3 is 1.22 bits per heavy atom. The third-order valence-corrected chi connectivity index (χ3v) is 24.9. The highest BCUT2D eigenvalue weighted by Gasteiger charge is 2.54. The molecule has 0 saturated carbocycles. The predicted molar refractivity (Wildman–Crippen MR) is 489 cm³/mol. The molecule has 6 aliphatic rings. The summed E-state index contributed by atoms with van der Waals surface area (Å²) in [5.74, 6) is -7.52. The summed E-state index contributed by atoms with van der Waals surface area (Å²) in [7, 11) is 0. The highest BCUT2D eigenvalue weighted by atomic mass is 16.6. The van der Waals surface area contributed by atoms with Crippen molar-refractivity contribution in [2.45, 2.75) is 169 Å². The Hall–Kier alpha value is -13.2. The number of fused-ring (bicyclic) bond motifs is 15. The van der Waals surface area contributed by atoms with Gasteiger partial charge in [0.25, 0.3) is 16.7 Å². The average Bonchev–Trinajstić information content (AvgIpc) is 1.57. The van der Waals surface area contributed by atoms with E-state index in [9.17, 15) is 72.5 Å². The molecule has 12 heterocycles. The normalized spacial score (nSPS) is 17.1. The van der Waals surface area contributed by atoms with Gasteiger partial charge >= 0.3 is 35.8 Å². The van der Waals surface area contributed by atoms with E-state index in [4.69, 9.17) is 91.1 Å². The molecule has 40 nitrogen and oxygen atoms in total. The number of carbonyl (C=O) groups is 10. The van der Waals surface area contributed by atoms with Crippen LogP contribution in [-0.4, -0.2) is 247 Å². The Morgan fingerprint density at radius 2 is 0.797 bits per heavy atom. The van der Waals surface area contributed by atoms with Crippen LogP contribution in [0.4, 0.5) is 0 Å². The van der Waals surface area contributed by atoms with E-state index in [0.29, 0.717) is 71.2 Å². The van der Waals surface area contributed by atoms with Gasteiger partial charge in [-0.15, -0.1) is 0 Å². The Balaban J connectivity index is 0.000000253. The van der Waals surface area contributed by atoms with E-state index >= 15 is 0 Å². The first-order chi connectivity index (χ1) is 66.5. The van der Waals surface area contributed by atoms with Crippen molar-refractivity contribution in [2.24, 2.45) is 0 Å². The summed E-state index contributed by atoms with van der Waals surface area (Å²) in [6.07, 6.45) is 1.10. The van der Waals surface area contributed by atoms with Gasteiger partial charge in [0.15, 0.2) is 11.4 Å². The fourth-order valence-corrected chi connectivity index (χ4v) is 18.1. The lowest BCUT2D eigenvalue weighted by Gasteiger charge is -2.36. The second-order valence-corrected chi connectivity index (χ2v) is 33.6. The van der Waals surface area contributed by atoms with Crippen molar-refractivity contribution in [3.63, 3.8) is 0 Å². The molecular formula is C98H111N9O31. The minimum atomic E-state index is -1.98. The smallest absolute Gasteiger partial charge is 0.355 e. The number of aromatic nitrogens is 6. The van der Waals surface area contributed by atoms with Gasteiger partial charge in [-0.25, -0.2) is 34.1 Å². The standard InChI is InChI=1S/C62H68N6O19.C36H43N3O12/c1-6-38-40-19-34(69)11-13-48(40)65-55-42(38)25-67-50(55)21-46-44(57(67)75)30-84-59(77)61(46,8-3)86-27-36(71)23-63-52(72)32-82-17-18-83-37(28-79-10-5)29-80-15-16-81-33-53(73)64-24-54(74)87-62(9-4)47-22-51-56-43(26-68(51)58(76)45(47)31-85-60(62)78)39(7-2)41-20-35(70)12-14-49(41)66-56;1-5-23-24-13-21(3)7-8-28(24)38-33-25(23)16-39-29(33)14-27-26(34(39)44)18-50-35(45)36(27,6-2)51-32(43)15-37-30(40)19-47-10-9-46-17-22(4)49-12-11-48-20-31(41)42/h11-14,19-22,37,69-70H,6-10,15-18,23-33H2,1-5H3,(H,63,72)(H,64,73);7-8,13-14,22H,5-6,9-12,15-20H2,1-4H3,(H,37,40)(H,41,42)/t37?,61-,62-;22?,36-/m00/s1. The number of nitrogens with zero attached hydrogens (tertiary/aromatic N) is 6. The summed E-state index contributed by atoms with van der Waals surface area (Å²) < 4.78 is 87.9. The first kappa shape index (κ1) is 101. The molecule has 6 aromatic heterocycles. The van der Waals surface area contributed by atoms with Crippen molar-refractivity contribution in [1.29, 1.82) is 0 Å². The largest absolute Gasteiger partial charge is 0.508 e. The van der Waals surface area contributed by atoms with Crippen LogP contribution in [0, 0.1) is 6.92 Å². The molecule has 6 aliphatic heterocycles. The first-order valence-electron chi connectivity index (χ1n) is 45.9. The van der Waals surface area contributed by atoms with Crippen LogP contribution in [0.5, 0.6) is 11.5 Å². The number of phenols is 2. The summed E-state index contributed by atoms with van der Waals surface area (Å²) in [6, 6.07) is 20.9. The summed E-state index contributed by atoms with van der Waals surface area (Å²) >= 11 is 0. The molecule has 15 rings (SSSR count). The molecule has 3 aromatic carbocycles. The van der Waals surface area contributed by atoms with Crippen LogP contribution >= 0.6 is 0 Å². The molecule has 3 amide bonds. The molecule has 6 N–H and O–H groups in total.